The smallest absolute Gasteiger partial charge is 0.260 e. The Kier molecular flexibility index (Phi) is 4.36. The monoisotopic (exact) mass is 368 g/mol. The predicted molar refractivity (Wildman–Crippen MR) is 102 cm³/mol. The van der Waals surface area contributed by atoms with Crippen molar-refractivity contribution < 1.29 is 14.3 Å². The number of benzene rings is 2. The van der Waals surface area contributed by atoms with Crippen molar-refractivity contribution in [3.63, 3.8) is 0 Å². The highest BCUT2D eigenvalue weighted by molar-refractivity contribution is 7.80. The maximum Gasteiger partial charge on any atom is 0.260 e. The molecule has 1 saturated heterocycles. The number of hydrogen-bond acceptors (Lipinski definition) is 4. The highest BCUT2D eigenvalue weighted by atomic mass is 32.1. The zero-order chi connectivity index (χ0) is 18.1. The summed E-state index contributed by atoms with van der Waals surface area (Å²) in [6, 6.07) is 15.2. The number of amides is 2. The van der Waals surface area contributed by atoms with Gasteiger partial charge in [-0.2, -0.15) is 0 Å². The van der Waals surface area contributed by atoms with E-state index in [4.69, 9.17) is 4.74 Å². The lowest BCUT2D eigenvalue weighted by atomic mass is 9.73. The summed E-state index contributed by atoms with van der Waals surface area (Å²) >= 11 is 4.32. The van der Waals surface area contributed by atoms with E-state index in [1.54, 1.807) is 11.0 Å². The summed E-state index contributed by atoms with van der Waals surface area (Å²) in [6.07, 6.45) is 1.26. The molecule has 134 valence electrons. The van der Waals surface area contributed by atoms with Crippen LogP contribution in [0.3, 0.4) is 0 Å². The number of nitrogens with zero attached hydrogens (tertiary/aromatic N) is 1. The van der Waals surface area contributed by atoms with E-state index >= 15 is 0 Å². The topological polar surface area (TPSA) is 58.6 Å². The van der Waals surface area contributed by atoms with Crippen LogP contribution in [0.2, 0.25) is 0 Å². The van der Waals surface area contributed by atoms with Crippen LogP contribution in [0.5, 0.6) is 5.75 Å². The Labute approximate surface area is 157 Å². The Morgan fingerprint density at radius 2 is 1.81 bits per heavy atom. The van der Waals surface area contributed by atoms with Crippen molar-refractivity contribution >= 4 is 30.1 Å². The van der Waals surface area contributed by atoms with Gasteiger partial charge in [0.25, 0.3) is 5.91 Å². The summed E-state index contributed by atoms with van der Waals surface area (Å²) in [5, 5.41) is 2.98. The minimum atomic E-state index is -0.508. The number of likely N-dealkylation sites (tertiary alicyclic amines) is 1. The molecule has 0 aromatic heterocycles. The van der Waals surface area contributed by atoms with E-state index < -0.39 is 5.41 Å². The molecule has 0 aliphatic carbocycles. The third kappa shape index (κ3) is 2.84. The summed E-state index contributed by atoms with van der Waals surface area (Å²) in [7, 11) is 0. The van der Waals surface area contributed by atoms with Crippen LogP contribution in [0.25, 0.3) is 0 Å². The number of thiol groups is 1. The average molecular weight is 368 g/mol. The lowest BCUT2D eigenvalue weighted by Gasteiger charge is -2.37. The van der Waals surface area contributed by atoms with Crippen molar-refractivity contribution in [3.8, 4) is 5.75 Å². The number of para-hydroxylation sites is 2. The lowest BCUT2D eigenvalue weighted by molar-refractivity contribution is -0.137. The first-order valence-electron chi connectivity index (χ1n) is 8.70. The van der Waals surface area contributed by atoms with Crippen LogP contribution in [0.4, 0.5) is 5.69 Å². The first kappa shape index (κ1) is 17.0. The second-order valence-electron chi connectivity index (χ2n) is 6.72. The molecule has 26 heavy (non-hydrogen) atoms. The van der Waals surface area contributed by atoms with E-state index in [0.717, 1.165) is 11.3 Å². The third-order valence-electron chi connectivity index (χ3n) is 5.31. The van der Waals surface area contributed by atoms with Gasteiger partial charge in [-0.25, -0.2) is 0 Å². The Morgan fingerprint density at radius 3 is 2.58 bits per heavy atom. The molecule has 0 radical (unpaired) electrons. The molecular weight excluding hydrogens is 348 g/mol. The maximum atomic E-state index is 12.6. The Balaban J connectivity index is 1.40. The molecule has 5 nitrogen and oxygen atoms in total. The van der Waals surface area contributed by atoms with Gasteiger partial charge in [-0.05, 0) is 36.6 Å². The van der Waals surface area contributed by atoms with E-state index in [-0.39, 0.29) is 18.4 Å². The van der Waals surface area contributed by atoms with Crippen molar-refractivity contribution in [2.45, 2.75) is 23.2 Å². The van der Waals surface area contributed by atoms with Gasteiger partial charge in [0, 0.05) is 23.7 Å². The molecule has 2 aromatic rings. The molecule has 4 rings (SSSR count). The molecule has 0 saturated carbocycles. The van der Waals surface area contributed by atoms with E-state index in [1.807, 2.05) is 42.5 Å². The first-order valence-corrected chi connectivity index (χ1v) is 9.14. The zero-order valence-electron chi connectivity index (χ0n) is 14.3. The molecule has 0 unspecified atom stereocenters. The quantitative estimate of drug-likeness (QED) is 0.819. The predicted octanol–water partition coefficient (Wildman–Crippen LogP) is 2.87. The first-order chi connectivity index (χ1) is 12.6. The molecule has 2 heterocycles. The van der Waals surface area contributed by atoms with Gasteiger partial charge in [0.1, 0.15) is 5.75 Å². The minimum Gasteiger partial charge on any atom is -0.483 e. The second-order valence-corrected chi connectivity index (χ2v) is 7.20. The number of rotatable bonds is 3. The summed E-state index contributed by atoms with van der Waals surface area (Å²) < 4.78 is 5.60. The van der Waals surface area contributed by atoms with Crippen LogP contribution in [-0.2, 0) is 15.0 Å². The Bertz CT molecular complexity index is 860. The fraction of sp³-hybridized carbons (Fsp3) is 0.300. The largest absolute Gasteiger partial charge is 0.483 e. The van der Waals surface area contributed by atoms with Gasteiger partial charge in [-0.15, -0.1) is 12.6 Å². The molecule has 2 aliphatic heterocycles. The number of piperidine rings is 1. The standard InChI is InChI=1S/C20H20N2O3S/c23-18(13-25-16-7-3-4-8-17(16)26)22-11-9-20(10-12-22)14-5-1-2-6-15(14)21-19(20)24/h1-8,26H,9-13H2,(H,21,24). The number of hydrogen-bond donors (Lipinski definition) is 2. The van der Waals surface area contributed by atoms with Gasteiger partial charge >= 0.3 is 0 Å². The lowest BCUT2D eigenvalue weighted by Crippen LogP contribution is -2.49. The molecule has 0 bridgehead atoms. The molecule has 1 spiro atoms. The highest BCUT2D eigenvalue weighted by Crippen LogP contribution is 2.44. The molecule has 2 aromatic carbocycles. The van der Waals surface area contributed by atoms with Gasteiger partial charge in [-0.3, -0.25) is 9.59 Å². The second kappa shape index (κ2) is 6.68. The van der Waals surface area contributed by atoms with Crippen LogP contribution in [0, 0.1) is 0 Å². The highest BCUT2D eigenvalue weighted by Gasteiger charge is 2.48. The number of nitrogens with one attached hydrogen (secondary N) is 1. The van der Waals surface area contributed by atoms with Gasteiger partial charge in [-0.1, -0.05) is 30.3 Å². The van der Waals surface area contributed by atoms with Crippen LogP contribution >= 0.6 is 12.6 Å². The van der Waals surface area contributed by atoms with E-state index in [9.17, 15) is 9.59 Å². The van der Waals surface area contributed by atoms with Gasteiger partial charge < -0.3 is 15.0 Å². The number of carbonyl (C=O) groups excluding carboxylic acids is 2. The minimum absolute atomic E-state index is 0.0205. The van der Waals surface area contributed by atoms with Crippen molar-refractivity contribution in [1.82, 2.24) is 4.90 Å². The van der Waals surface area contributed by atoms with Crippen molar-refractivity contribution in [2.75, 3.05) is 25.0 Å². The van der Waals surface area contributed by atoms with Gasteiger partial charge in [0.2, 0.25) is 5.91 Å². The normalized spacial score (nSPS) is 17.7. The molecule has 1 N–H and O–H groups in total. The van der Waals surface area contributed by atoms with Crippen LogP contribution in [0.1, 0.15) is 18.4 Å². The average Bonchev–Trinajstić information content (AvgIpc) is 2.93. The molecule has 2 amide bonds. The van der Waals surface area contributed by atoms with Crippen molar-refractivity contribution in [1.29, 1.82) is 0 Å². The van der Waals surface area contributed by atoms with Crippen molar-refractivity contribution in [2.24, 2.45) is 0 Å². The fourth-order valence-corrected chi connectivity index (χ4v) is 4.04. The number of ether oxygens (including phenoxy) is 1. The van der Waals surface area contributed by atoms with Crippen LogP contribution in [0.15, 0.2) is 53.4 Å². The zero-order valence-corrected chi connectivity index (χ0v) is 15.2. The summed E-state index contributed by atoms with van der Waals surface area (Å²) in [4.78, 5) is 27.6. The van der Waals surface area contributed by atoms with Crippen LogP contribution < -0.4 is 10.1 Å². The number of anilines is 1. The fourth-order valence-electron chi connectivity index (χ4n) is 3.82. The van der Waals surface area contributed by atoms with Gasteiger partial charge in [0.15, 0.2) is 6.61 Å². The number of carbonyl (C=O) groups is 2. The van der Waals surface area contributed by atoms with Crippen LogP contribution in [-0.4, -0.2) is 36.4 Å². The van der Waals surface area contributed by atoms with E-state index in [1.165, 1.54) is 0 Å². The molecule has 0 atom stereocenters. The maximum absolute atomic E-state index is 12.6. The molecular formula is C20H20N2O3S. The third-order valence-corrected chi connectivity index (χ3v) is 5.68. The van der Waals surface area contributed by atoms with Crippen molar-refractivity contribution in [3.05, 3.63) is 54.1 Å². The summed E-state index contributed by atoms with van der Waals surface area (Å²) in [5.41, 5.74) is 1.44. The van der Waals surface area contributed by atoms with Gasteiger partial charge in [0.05, 0.1) is 5.41 Å². The summed E-state index contributed by atoms with van der Waals surface area (Å²) in [6.45, 7) is 1.08. The number of fused-ring (bicyclic) bond motifs is 2. The molecule has 2 aliphatic rings. The Hall–Kier alpha value is -2.47. The Morgan fingerprint density at radius 1 is 1.12 bits per heavy atom. The molecule has 6 heteroatoms. The summed E-state index contributed by atoms with van der Waals surface area (Å²) in [5.74, 6) is 0.580. The van der Waals surface area contributed by atoms with E-state index in [2.05, 4.69) is 17.9 Å². The molecule has 1 fully saturated rings. The van der Waals surface area contributed by atoms with E-state index in [0.29, 0.717) is 36.6 Å². The SMILES string of the molecule is O=C(COc1ccccc1S)N1CCC2(CC1)C(=O)Nc1ccccc12.